The number of anilines is 1. The molecule has 1 aromatic rings. The summed E-state index contributed by atoms with van der Waals surface area (Å²) >= 11 is 0. The van der Waals surface area contributed by atoms with Gasteiger partial charge in [0.15, 0.2) is 6.29 Å². The number of amides is 1. The van der Waals surface area contributed by atoms with Gasteiger partial charge in [0.1, 0.15) is 5.84 Å². The van der Waals surface area contributed by atoms with Gasteiger partial charge in [-0.3, -0.25) is 4.79 Å². The summed E-state index contributed by atoms with van der Waals surface area (Å²) in [6.45, 7) is 0. The molecule has 1 aliphatic rings. The van der Waals surface area contributed by atoms with E-state index in [1.54, 1.807) is 12.1 Å². The summed E-state index contributed by atoms with van der Waals surface area (Å²) < 4.78 is 0. The fourth-order valence-electron chi connectivity index (χ4n) is 1.44. The molecule has 0 saturated heterocycles. The number of aliphatic hydroxyl groups is 2. The van der Waals surface area contributed by atoms with Crippen LogP contribution in [0.4, 0.5) is 5.69 Å². The Balaban J connectivity index is 2.25. The first-order chi connectivity index (χ1) is 7.58. The van der Waals surface area contributed by atoms with E-state index in [2.05, 4.69) is 5.10 Å². The zero-order valence-corrected chi connectivity index (χ0v) is 8.37. The minimum atomic E-state index is -1.52. The van der Waals surface area contributed by atoms with Crippen molar-refractivity contribution < 1.29 is 15.0 Å². The lowest BCUT2D eigenvalue weighted by molar-refractivity contribution is -0.116. The molecule has 0 fully saturated rings. The number of carbonyl (C=O) groups is 1. The van der Waals surface area contributed by atoms with E-state index < -0.39 is 6.29 Å². The zero-order valence-electron chi connectivity index (χ0n) is 8.37. The molecule has 1 amide bonds. The maximum Gasteiger partial charge on any atom is 0.255 e. The summed E-state index contributed by atoms with van der Waals surface area (Å²) in [6, 6.07) is 6.18. The first kappa shape index (κ1) is 10.6. The van der Waals surface area contributed by atoms with E-state index in [4.69, 9.17) is 15.9 Å². The predicted octanol–water partition coefficient (Wildman–Crippen LogP) is -0.321. The Kier molecular flexibility index (Phi) is 2.59. The Hall–Kier alpha value is -1.92. The molecule has 0 unspecified atom stereocenters. The van der Waals surface area contributed by atoms with Crippen LogP contribution in [0, 0.1) is 0 Å². The van der Waals surface area contributed by atoms with Crippen LogP contribution in [-0.4, -0.2) is 22.0 Å². The molecule has 84 valence electrons. The molecule has 6 nitrogen and oxygen atoms in total. The molecule has 1 aromatic carbocycles. The molecule has 0 aliphatic carbocycles. The molecule has 6 heteroatoms. The van der Waals surface area contributed by atoms with Gasteiger partial charge in [-0.1, -0.05) is 12.1 Å². The number of carbonyl (C=O) groups excluding carboxylic acids is 1. The van der Waals surface area contributed by atoms with E-state index in [1.165, 1.54) is 17.1 Å². The highest BCUT2D eigenvalue weighted by Crippen LogP contribution is 2.21. The number of hydrazone groups is 1. The van der Waals surface area contributed by atoms with E-state index in [0.717, 1.165) is 0 Å². The molecule has 0 radical (unpaired) electrons. The number of nitrogens with zero attached hydrogens (tertiary/aromatic N) is 2. The van der Waals surface area contributed by atoms with Crippen molar-refractivity contribution in [3.8, 4) is 0 Å². The minimum Gasteiger partial charge on any atom is -0.385 e. The van der Waals surface area contributed by atoms with E-state index in [1.807, 2.05) is 0 Å². The highest BCUT2D eigenvalue weighted by molar-refractivity contribution is 6.11. The van der Waals surface area contributed by atoms with Crippen molar-refractivity contribution >= 4 is 17.4 Å². The van der Waals surface area contributed by atoms with Crippen LogP contribution in [-0.2, 0) is 4.79 Å². The standard InChI is InChI=1S/C10H11N3O3/c11-8-5-9(14)13(12-8)7-3-1-6(2-4-7)10(15)16/h1-4,10,15-16H,5H2,(H2,11,12). The molecule has 2 rings (SSSR count). The van der Waals surface area contributed by atoms with Crippen LogP contribution in [0.3, 0.4) is 0 Å². The number of rotatable bonds is 2. The second kappa shape index (κ2) is 3.92. The third kappa shape index (κ3) is 1.88. The van der Waals surface area contributed by atoms with Gasteiger partial charge >= 0.3 is 0 Å². The molecule has 0 atom stereocenters. The molecular formula is C10H11N3O3. The van der Waals surface area contributed by atoms with Crippen LogP contribution in [0.1, 0.15) is 18.3 Å². The SMILES string of the molecule is NC1=NN(c2ccc(C(O)O)cc2)C(=O)C1. The van der Waals surface area contributed by atoms with E-state index in [9.17, 15) is 4.79 Å². The van der Waals surface area contributed by atoms with Gasteiger partial charge in [0.2, 0.25) is 0 Å². The first-order valence-electron chi connectivity index (χ1n) is 4.70. The monoisotopic (exact) mass is 221 g/mol. The summed E-state index contributed by atoms with van der Waals surface area (Å²) in [5.74, 6) is 0.0751. The second-order valence-corrected chi connectivity index (χ2v) is 3.44. The summed E-state index contributed by atoms with van der Waals surface area (Å²) in [7, 11) is 0. The Morgan fingerprint density at radius 3 is 2.38 bits per heavy atom. The third-order valence-corrected chi connectivity index (χ3v) is 2.23. The molecule has 0 saturated carbocycles. The van der Waals surface area contributed by atoms with Crippen LogP contribution in [0.2, 0.25) is 0 Å². The summed E-state index contributed by atoms with van der Waals surface area (Å²) in [5, 5.41) is 22.9. The normalized spacial score (nSPS) is 15.8. The molecule has 1 heterocycles. The van der Waals surface area contributed by atoms with Crippen LogP contribution < -0.4 is 10.7 Å². The van der Waals surface area contributed by atoms with Gasteiger partial charge in [0.25, 0.3) is 5.91 Å². The topological polar surface area (TPSA) is 99.2 Å². The van der Waals surface area contributed by atoms with Gasteiger partial charge in [0.05, 0.1) is 12.1 Å². The molecule has 16 heavy (non-hydrogen) atoms. The molecule has 0 aromatic heterocycles. The largest absolute Gasteiger partial charge is 0.385 e. The Bertz CT molecular complexity index is 439. The van der Waals surface area contributed by atoms with Crippen molar-refractivity contribution in [2.75, 3.05) is 5.01 Å². The third-order valence-electron chi connectivity index (χ3n) is 2.23. The highest BCUT2D eigenvalue weighted by Gasteiger charge is 2.23. The quantitative estimate of drug-likeness (QED) is 0.596. The lowest BCUT2D eigenvalue weighted by Gasteiger charge is -2.12. The van der Waals surface area contributed by atoms with Crippen molar-refractivity contribution in [3.63, 3.8) is 0 Å². The van der Waals surface area contributed by atoms with Gasteiger partial charge in [-0.15, -0.1) is 0 Å². The Labute approximate surface area is 91.6 Å². The summed E-state index contributed by atoms with van der Waals surface area (Å²) in [5.41, 5.74) is 6.34. The fraction of sp³-hybridized carbons (Fsp3) is 0.200. The van der Waals surface area contributed by atoms with E-state index >= 15 is 0 Å². The maximum absolute atomic E-state index is 11.4. The number of aliphatic hydroxyl groups excluding tert-OH is 1. The zero-order chi connectivity index (χ0) is 11.7. The van der Waals surface area contributed by atoms with Gasteiger partial charge in [-0.05, 0) is 12.1 Å². The van der Waals surface area contributed by atoms with Gasteiger partial charge in [0, 0.05) is 5.56 Å². The van der Waals surface area contributed by atoms with Crippen molar-refractivity contribution in [1.82, 2.24) is 0 Å². The average Bonchev–Trinajstić information content (AvgIpc) is 2.58. The molecular weight excluding hydrogens is 210 g/mol. The van der Waals surface area contributed by atoms with Crippen molar-refractivity contribution in [1.29, 1.82) is 0 Å². The lowest BCUT2D eigenvalue weighted by Crippen LogP contribution is -2.19. The van der Waals surface area contributed by atoms with Gasteiger partial charge in [-0.2, -0.15) is 10.1 Å². The highest BCUT2D eigenvalue weighted by atomic mass is 16.5. The summed E-state index contributed by atoms with van der Waals surface area (Å²) in [6.07, 6.45) is -1.40. The van der Waals surface area contributed by atoms with E-state index in [0.29, 0.717) is 11.3 Å². The number of nitrogens with two attached hydrogens (primary N) is 1. The predicted molar refractivity (Wildman–Crippen MR) is 57.3 cm³/mol. The number of hydrogen-bond acceptors (Lipinski definition) is 5. The average molecular weight is 221 g/mol. The molecule has 0 bridgehead atoms. The fourth-order valence-corrected chi connectivity index (χ4v) is 1.44. The van der Waals surface area contributed by atoms with Gasteiger partial charge in [-0.25, -0.2) is 0 Å². The van der Waals surface area contributed by atoms with Gasteiger partial charge < -0.3 is 15.9 Å². The lowest BCUT2D eigenvalue weighted by atomic mass is 10.2. The van der Waals surface area contributed by atoms with Crippen molar-refractivity contribution in [2.24, 2.45) is 10.8 Å². The van der Waals surface area contributed by atoms with Crippen LogP contribution >= 0.6 is 0 Å². The van der Waals surface area contributed by atoms with Crippen molar-refractivity contribution in [2.45, 2.75) is 12.7 Å². The van der Waals surface area contributed by atoms with E-state index in [-0.39, 0.29) is 18.2 Å². The summed E-state index contributed by atoms with van der Waals surface area (Å²) in [4.78, 5) is 11.4. The maximum atomic E-state index is 11.4. The minimum absolute atomic E-state index is 0.115. The smallest absolute Gasteiger partial charge is 0.255 e. The Morgan fingerprint density at radius 1 is 1.31 bits per heavy atom. The number of amidine groups is 1. The molecule has 1 aliphatic heterocycles. The first-order valence-corrected chi connectivity index (χ1v) is 4.70. The number of benzene rings is 1. The van der Waals surface area contributed by atoms with Crippen molar-refractivity contribution in [3.05, 3.63) is 29.8 Å². The van der Waals surface area contributed by atoms with Crippen LogP contribution in [0.25, 0.3) is 0 Å². The second-order valence-electron chi connectivity index (χ2n) is 3.44. The molecule has 0 spiro atoms. The Morgan fingerprint density at radius 2 is 1.94 bits per heavy atom. The van der Waals surface area contributed by atoms with Crippen LogP contribution in [0.5, 0.6) is 0 Å². The number of hydrogen-bond donors (Lipinski definition) is 3. The molecule has 4 N–H and O–H groups in total. The van der Waals surface area contributed by atoms with Crippen LogP contribution in [0.15, 0.2) is 29.4 Å².